The largest absolute Gasteiger partial charge is 0.490 e. The van der Waals surface area contributed by atoms with E-state index in [1.54, 1.807) is 0 Å². The van der Waals surface area contributed by atoms with Crippen molar-refractivity contribution in [2.24, 2.45) is 11.5 Å². The number of nitrogens with zero attached hydrogens (tertiary/aromatic N) is 1. The number of H-pyrrole nitrogens is 1. The number of aromatic nitrogens is 2. The van der Waals surface area contributed by atoms with Gasteiger partial charge < -0.3 is 26.9 Å². The smallest absolute Gasteiger partial charge is 0.475 e. The number of halogens is 3. The number of carboxylic acid groups (broad SMARTS) is 1. The molecule has 7 N–H and O–H groups in total. The zero-order valence-electron chi connectivity index (χ0n) is 16.1. The topological polar surface area (TPSA) is 164 Å². The van der Waals surface area contributed by atoms with Gasteiger partial charge >= 0.3 is 12.1 Å². The van der Waals surface area contributed by atoms with E-state index in [1.807, 2.05) is 24.3 Å². The zero-order valence-corrected chi connectivity index (χ0v) is 17.8. The monoisotopic (exact) mass is 481 g/mol. The van der Waals surface area contributed by atoms with E-state index in [1.165, 1.54) is 11.8 Å². The normalized spacial score (nSPS) is 13.1. The minimum absolute atomic E-state index is 0.317. The first-order valence-electron chi connectivity index (χ1n) is 8.82. The Labute approximate surface area is 184 Å². The first-order chi connectivity index (χ1) is 14.5. The van der Waals surface area contributed by atoms with Crippen molar-refractivity contribution in [1.29, 1.82) is 0 Å². The number of para-hydroxylation sites is 2. The lowest BCUT2D eigenvalue weighted by atomic mass is 10.1. The fourth-order valence-corrected chi connectivity index (χ4v) is 3.27. The van der Waals surface area contributed by atoms with Crippen LogP contribution in [0.1, 0.15) is 12.8 Å². The summed E-state index contributed by atoms with van der Waals surface area (Å²) in [5.74, 6) is -2.81. The van der Waals surface area contributed by atoms with Gasteiger partial charge in [-0.05, 0) is 31.5 Å². The Bertz CT molecular complexity index is 861. The van der Waals surface area contributed by atoms with E-state index in [0.29, 0.717) is 30.3 Å². The second kappa shape index (κ2) is 12.5. The molecule has 0 saturated heterocycles. The second-order valence-electron chi connectivity index (χ2n) is 6.11. The number of hydrogen-bond acceptors (Lipinski definition) is 7. The number of aromatic amines is 1. The molecule has 2 rings (SSSR count). The van der Waals surface area contributed by atoms with Gasteiger partial charge in [0.2, 0.25) is 11.0 Å². The molecule has 0 aliphatic heterocycles. The summed E-state index contributed by atoms with van der Waals surface area (Å²) in [5, 5.41) is 10.0. The number of nitrogens with two attached hydrogens (primary N) is 2. The third-order valence-electron chi connectivity index (χ3n) is 3.67. The summed E-state index contributed by atoms with van der Waals surface area (Å²) >= 11 is 5.19. The summed E-state index contributed by atoms with van der Waals surface area (Å²) in [7, 11) is 0. The molecule has 1 amide bonds. The Morgan fingerprint density at radius 3 is 2.42 bits per heavy atom. The SMILES string of the molecule is NCCC[C@@H](N)C(=O)N[C@H](CSc1nc2ccccc2[nH]1)C(=O)S.O=C(O)C(F)(F)F. The Morgan fingerprint density at radius 2 is 1.90 bits per heavy atom. The molecule has 0 aliphatic rings. The quantitative estimate of drug-likeness (QED) is 0.230. The van der Waals surface area contributed by atoms with Gasteiger partial charge in [0.1, 0.15) is 6.04 Å². The number of carbonyl (C=O) groups is 3. The summed E-state index contributed by atoms with van der Waals surface area (Å²) in [6.07, 6.45) is -3.95. The van der Waals surface area contributed by atoms with Gasteiger partial charge in [0.25, 0.3) is 0 Å². The predicted octanol–water partition coefficient (Wildman–Crippen LogP) is 1.30. The van der Waals surface area contributed by atoms with Crippen molar-refractivity contribution in [3.63, 3.8) is 0 Å². The lowest BCUT2D eigenvalue weighted by molar-refractivity contribution is -0.192. The first kappa shape index (κ1) is 26.7. The summed E-state index contributed by atoms with van der Waals surface area (Å²) < 4.78 is 31.7. The van der Waals surface area contributed by atoms with Gasteiger partial charge in [-0.3, -0.25) is 9.59 Å². The van der Waals surface area contributed by atoms with Crippen LogP contribution in [0.2, 0.25) is 0 Å². The summed E-state index contributed by atoms with van der Waals surface area (Å²) in [6.45, 7) is 0.470. The van der Waals surface area contributed by atoms with Crippen molar-refractivity contribution in [2.75, 3.05) is 12.3 Å². The second-order valence-corrected chi connectivity index (χ2v) is 7.56. The van der Waals surface area contributed by atoms with Crippen LogP contribution in [-0.2, 0) is 14.4 Å². The van der Waals surface area contributed by atoms with E-state index in [2.05, 4.69) is 27.9 Å². The van der Waals surface area contributed by atoms with Gasteiger partial charge in [0, 0.05) is 5.75 Å². The van der Waals surface area contributed by atoms with E-state index in [4.69, 9.17) is 21.4 Å². The molecule has 31 heavy (non-hydrogen) atoms. The van der Waals surface area contributed by atoms with E-state index in [9.17, 15) is 22.8 Å². The highest BCUT2D eigenvalue weighted by Gasteiger charge is 2.38. The number of thiol groups is 1. The number of fused-ring (bicyclic) bond motifs is 1. The minimum atomic E-state index is -5.08. The molecule has 0 spiro atoms. The number of rotatable bonds is 9. The Kier molecular flexibility index (Phi) is 10.8. The van der Waals surface area contributed by atoms with Crippen LogP contribution >= 0.6 is 24.4 Å². The number of carbonyl (C=O) groups excluding carboxylic acids is 2. The molecular weight excluding hydrogens is 459 g/mol. The van der Waals surface area contributed by atoms with Crippen LogP contribution in [-0.4, -0.2) is 62.6 Å². The van der Waals surface area contributed by atoms with E-state index in [0.717, 1.165) is 11.0 Å². The molecule has 1 aromatic carbocycles. The fraction of sp³-hybridized carbons (Fsp3) is 0.412. The third-order valence-corrected chi connectivity index (χ3v) is 4.95. The Hall–Kier alpha value is -2.29. The maximum atomic E-state index is 12.0. The third kappa shape index (κ3) is 9.59. The molecule has 2 aromatic rings. The van der Waals surface area contributed by atoms with Crippen LogP contribution in [0.4, 0.5) is 13.2 Å². The summed E-state index contributed by atoms with van der Waals surface area (Å²) in [5.41, 5.74) is 13.0. The molecule has 0 bridgehead atoms. The van der Waals surface area contributed by atoms with Crippen LogP contribution in [0.15, 0.2) is 29.4 Å². The van der Waals surface area contributed by atoms with Crippen LogP contribution < -0.4 is 16.8 Å². The number of hydrogen-bond donors (Lipinski definition) is 6. The Morgan fingerprint density at radius 1 is 1.29 bits per heavy atom. The maximum Gasteiger partial charge on any atom is 0.490 e. The fourth-order valence-electron chi connectivity index (χ4n) is 2.08. The number of nitrogens with one attached hydrogen (secondary N) is 2. The average molecular weight is 482 g/mol. The maximum absolute atomic E-state index is 12.0. The Balaban J connectivity index is 0.000000592. The number of benzene rings is 1. The molecule has 0 aliphatic carbocycles. The van der Waals surface area contributed by atoms with Crippen LogP contribution in [0.5, 0.6) is 0 Å². The van der Waals surface area contributed by atoms with Gasteiger partial charge in [-0.1, -0.05) is 23.9 Å². The van der Waals surface area contributed by atoms with Gasteiger partial charge in [-0.15, -0.1) is 12.6 Å². The highest BCUT2D eigenvalue weighted by atomic mass is 32.2. The molecule has 172 valence electrons. The van der Waals surface area contributed by atoms with Crippen molar-refractivity contribution < 1.29 is 32.7 Å². The van der Waals surface area contributed by atoms with Crippen molar-refractivity contribution in [1.82, 2.24) is 15.3 Å². The molecule has 0 fully saturated rings. The van der Waals surface area contributed by atoms with Crippen molar-refractivity contribution in [3.05, 3.63) is 24.3 Å². The number of aliphatic carboxylic acids is 1. The van der Waals surface area contributed by atoms with Crippen LogP contribution in [0.25, 0.3) is 11.0 Å². The summed E-state index contributed by atoms with van der Waals surface area (Å²) in [4.78, 5) is 40.1. The molecule has 2 atom stereocenters. The number of thioether (sulfide) groups is 1. The average Bonchev–Trinajstić information content (AvgIpc) is 3.11. The number of carboxylic acids is 1. The molecule has 0 unspecified atom stereocenters. The van der Waals surface area contributed by atoms with Crippen molar-refractivity contribution >= 4 is 52.4 Å². The van der Waals surface area contributed by atoms with E-state index in [-0.39, 0.29) is 5.91 Å². The molecule has 14 heteroatoms. The van der Waals surface area contributed by atoms with Crippen LogP contribution in [0.3, 0.4) is 0 Å². The highest BCUT2D eigenvalue weighted by Crippen LogP contribution is 2.20. The lowest BCUT2D eigenvalue weighted by Gasteiger charge is -2.17. The molecular formula is C17H22F3N5O4S2. The molecule has 0 saturated carbocycles. The number of imidazole rings is 1. The highest BCUT2D eigenvalue weighted by molar-refractivity contribution is 7.99. The molecule has 0 radical (unpaired) electrons. The van der Waals surface area contributed by atoms with Crippen molar-refractivity contribution in [2.45, 2.75) is 36.3 Å². The van der Waals surface area contributed by atoms with E-state index >= 15 is 0 Å². The van der Waals surface area contributed by atoms with Gasteiger partial charge in [0.15, 0.2) is 5.16 Å². The van der Waals surface area contributed by atoms with Crippen molar-refractivity contribution in [3.8, 4) is 0 Å². The first-order valence-corrected chi connectivity index (χ1v) is 10.3. The van der Waals surface area contributed by atoms with E-state index < -0.39 is 29.3 Å². The standard InChI is InChI=1S/C15H21N5O2S2.C2HF3O2/c16-7-3-4-9(17)13(21)18-12(14(22)23)8-24-15-19-10-5-1-2-6-11(10)20-15;3-2(4,5)1(6)7/h1-2,5-6,9,12H,3-4,7-8,16-17H2,(H,18,21)(H,19,20)(H,22,23);(H,6,7)/t9-,12-;/m1./s1. The predicted molar refractivity (Wildman–Crippen MR) is 113 cm³/mol. The summed E-state index contributed by atoms with van der Waals surface area (Å²) in [6, 6.07) is 6.22. The zero-order chi connectivity index (χ0) is 23.6. The minimum Gasteiger partial charge on any atom is -0.475 e. The van der Waals surface area contributed by atoms with Gasteiger partial charge in [-0.2, -0.15) is 13.2 Å². The molecule has 9 nitrogen and oxygen atoms in total. The molecule has 1 heterocycles. The lowest BCUT2D eigenvalue weighted by Crippen LogP contribution is -2.48. The number of amides is 1. The van der Waals surface area contributed by atoms with Gasteiger partial charge in [-0.25, -0.2) is 9.78 Å². The van der Waals surface area contributed by atoms with Gasteiger partial charge in [0.05, 0.1) is 17.1 Å². The molecule has 1 aromatic heterocycles. The van der Waals surface area contributed by atoms with Crippen LogP contribution in [0, 0.1) is 0 Å². The number of alkyl halides is 3.